The Morgan fingerprint density at radius 2 is 2.20 bits per heavy atom. The van der Waals surface area contributed by atoms with Gasteiger partial charge in [-0.3, -0.25) is 4.79 Å². The van der Waals surface area contributed by atoms with Crippen LogP contribution >= 0.6 is 11.6 Å². The first kappa shape index (κ1) is 11.7. The number of hydrogen-bond donors (Lipinski definition) is 0. The molecule has 1 atom stereocenters. The zero-order chi connectivity index (χ0) is 11.3. The molecule has 1 unspecified atom stereocenters. The van der Waals surface area contributed by atoms with Crippen LogP contribution < -0.4 is 0 Å². The standard InChI is InChI=1S/C12H12ClNO/c1-2-9(7-8-14)12(15)10-5-3-4-6-11(10)13/h3-6,9H,2,7H2,1H3. The minimum Gasteiger partial charge on any atom is -0.294 e. The van der Waals surface area contributed by atoms with Crippen molar-refractivity contribution < 1.29 is 4.79 Å². The van der Waals surface area contributed by atoms with Crippen molar-refractivity contribution >= 4 is 17.4 Å². The van der Waals surface area contributed by atoms with E-state index in [9.17, 15) is 4.79 Å². The molecule has 0 fully saturated rings. The molecule has 0 aromatic heterocycles. The van der Waals surface area contributed by atoms with Gasteiger partial charge in [0, 0.05) is 17.9 Å². The molecule has 78 valence electrons. The summed E-state index contributed by atoms with van der Waals surface area (Å²) in [6, 6.07) is 8.97. The highest BCUT2D eigenvalue weighted by Crippen LogP contribution is 2.21. The number of ketones is 1. The largest absolute Gasteiger partial charge is 0.294 e. The van der Waals surface area contributed by atoms with E-state index in [4.69, 9.17) is 16.9 Å². The second kappa shape index (κ2) is 5.53. The molecular weight excluding hydrogens is 210 g/mol. The van der Waals surface area contributed by atoms with Gasteiger partial charge in [0.05, 0.1) is 11.1 Å². The Balaban J connectivity index is 2.94. The molecule has 0 N–H and O–H groups in total. The molecule has 0 spiro atoms. The molecule has 1 aromatic carbocycles. The number of nitriles is 1. The van der Waals surface area contributed by atoms with Crippen LogP contribution in [-0.2, 0) is 0 Å². The molecule has 1 rings (SSSR count). The highest BCUT2D eigenvalue weighted by molar-refractivity contribution is 6.34. The third-order valence-corrected chi connectivity index (χ3v) is 2.67. The van der Waals surface area contributed by atoms with Crippen molar-refractivity contribution in [3.05, 3.63) is 34.9 Å². The van der Waals surface area contributed by atoms with Gasteiger partial charge >= 0.3 is 0 Å². The average molecular weight is 222 g/mol. The van der Waals surface area contributed by atoms with Crippen LogP contribution in [0.1, 0.15) is 30.1 Å². The maximum Gasteiger partial charge on any atom is 0.168 e. The highest BCUT2D eigenvalue weighted by Gasteiger charge is 2.19. The summed E-state index contributed by atoms with van der Waals surface area (Å²) in [6.45, 7) is 1.90. The van der Waals surface area contributed by atoms with Crippen molar-refractivity contribution in [2.75, 3.05) is 0 Å². The SMILES string of the molecule is CCC(CC#N)C(=O)c1ccccc1Cl. The number of nitrogens with zero attached hydrogens (tertiary/aromatic N) is 1. The van der Waals surface area contributed by atoms with Crippen molar-refractivity contribution in [3.8, 4) is 6.07 Å². The Morgan fingerprint density at radius 3 is 2.73 bits per heavy atom. The fraction of sp³-hybridized carbons (Fsp3) is 0.333. The molecule has 0 aliphatic carbocycles. The van der Waals surface area contributed by atoms with E-state index in [0.29, 0.717) is 17.0 Å². The Kier molecular flexibility index (Phi) is 4.33. The quantitative estimate of drug-likeness (QED) is 0.731. The van der Waals surface area contributed by atoms with Crippen molar-refractivity contribution in [2.24, 2.45) is 5.92 Å². The van der Waals surface area contributed by atoms with Crippen LogP contribution in [0.2, 0.25) is 5.02 Å². The Morgan fingerprint density at radius 1 is 1.53 bits per heavy atom. The van der Waals surface area contributed by atoms with Crippen LogP contribution in [0.15, 0.2) is 24.3 Å². The number of Topliss-reactive ketones (excluding diaryl/α,β-unsaturated/α-hetero) is 1. The highest BCUT2D eigenvalue weighted by atomic mass is 35.5. The van der Waals surface area contributed by atoms with E-state index >= 15 is 0 Å². The molecule has 0 heterocycles. The fourth-order valence-electron chi connectivity index (χ4n) is 1.41. The zero-order valence-electron chi connectivity index (χ0n) is 8.53. The van der Waals surface area contributed by atoms with E-state index in [1.165, 1.54) is 0 Å². The maximum atomic E-state index is 12.0. The molecular formula is C12H12ClNO. The summed E-state index contributed by atoms with van der Waals surface area (Å²) in [6.07, 6.45) is 0.915. The van der Waals surface area contributed by atoms with Crippen molar-refractivity contribution in [1.82, 2.24) is 0 Å². The summed E-state index contributed by atoms with van der Waals surface area (Å²) in [4.78, 5) is 12.0. The number of rotatable bonds is 4. The number of halogens is 1. The molecule has 0 saturated heterocycles. The van der Waals surface area contributed by atoms with Crippen molar-refractivity contribution in [1.29, 1.82) is 5.26 Å². The smallest absolute Gasteiger partial charge is 0.168 e. The Hall–Kier alpha value is -1.33. The lowest BCUT2D eigenvalue weighted by Crippen LogP contribution is -2.13. The second-order valence-corrected chi connectivity index (χ2v) is 3.72. The van der Waals surface area contributed by atoms with Gasteiger partial charge in [-0.1, -0.05) is 30.7 Å². The normalized spacial score (nSPS) is 11.8. The van der Waals surface area contributed by atoms with E-state index in [-0.39, 0.29) is 18.1 Å². The van der Waals surface area contributed by atoms with Crippen LogP contribution in [0.25, 0.3) is 0 Å². The molecule has 2 nitrogen and oxygen atoms in total. The molecule has 0 radical (unpaired) electrons. The van der Waals surface area contributed by atoms with E-state index in [2.05, 4.69) is 0 Å². The van der Waals surface area contributed by atoms with Crippen LogP contribution in [0.3, 0.4) is 0 Å². The van der Waals surface area contributed by atoms with Gasteiger partial charge in [-0.05, 0) is 18.6 Å². The van der Waals surface area contributed by atoms with Crippen LogP contribution in [0, 0.1) is 17.2 Å². The van der Waals surface area contributed by atoms with Gasteiger partial charge in [-0.2, -0.15) is 5.26 Å². The third-order valence-electron chi connectivity index (χ3n) is 2.34. The summed E-state index contributed by atoms with van der Waals surface area (Å²) in [5, 5.41) is 9.05. The van der Waals surface area contributed by atoms with E-state index in [1.54, 1.807) is 24.3 Å². The topological polar surface area (TPSA) is 40.9 Å². The second-order valence-electron chi connectivity index (χ2n) is 3.31. The zero-order valence-corrected chi connectivity index (χ0v) is 9.29. The molecule has 0 aliphatic rings. The predicted octanol–water partition coefficient (Wildman–Crippen LogP) is 3.46. The monoisotopic (exact) mass is 221 g/mol. The predicted molar refractivity (Wildman–Crippen MR) is 59.8 cm³/mol. The molecule has 15 heavy (non-hydrogen) atoms. The minimum absolute atomic E-state index is 0.0374. The van der Waals surface area contributed by atoms with Crippen LogP contribution in [0.4, 0.5) is 0 Å². The number of benzene rings is 1. The molecule has 0 saturated carbocycles. The van der Waals surface area contributed by atoms with Gasteiger partial charge < -0.3 is 0 Å². The van der Waals surface area contributed by atoms with Gasteiger partial charge in [0.1, 0.15) is 0 Å². The lowest BCUT2D eigenvalue weighted by Gasteiger charge is -2.10. The van der Waals surface area contributed by atoms with Gasteiger partial charge in [0.25, 0.3) is 0 Å². The van der Waals surface area contributed by atoms with Gasteiger partial charge in [-0.15, -0.1) is 0 Å². The number of carbonyl (C=O) groups is 1. The summed E-state index contributed by atoms with van der Waals surface area (Å²) < 4.78 is 0. The van der Waals surface area contributed by atoms with Gasteiger partial charge in [0.2, 0.25) is 0 Å². The van der Waals surface area contributed by atoms with Gasteiger partial charge in [0.15, 0.2) is 5.78 Å². The molecule has 0 amide bonds. The molecule has 1 aromatic rings. The van der Waals surface area contributed by atoms with Crippen LogP contribution in [-0.4, -0.2) is 5.78 Å². The van der Waals surface area contributed by atoms with Crippen molar-refractivity contribution in [2.45, 2.75) is 19.8 Å². The third kappa shape index (κ3) is 2.81. The van der Waals surface area contributed by atoms with E-state index in [1.807, 2.05) is 13.0 Å². The van der Waals surface area contributed by atoms with Crippen molar-refractivity contribution in [3.63, 3.8) is 0 Å². The fourth-order valence-corrected chi connectivity index (χ4v) is 1.64. The molecule has 3 heteroatoms. The van der Waals surface area contributed by atoms with Crippen LogP contribution in [0.5, 0.6) is 0 Å². The molecule has 0 aliphatic heterocycles. The van der Waals surface area contributed by atoms with E-state index < -0.39 is 0 Å². The first-order chi connectivity index (χ1) is 7.20. The Labute approximate surface area is 94.5 Å². The van der Waals surface area contributed by atoms with Gasteiger partial charge in [-0.25, -0.2) is 0 Å². The minimum atomic E-state index is -0.241. The molecule has 0 bridgehead atoms. The lowest BCUT2D eigenvalue weighted by molar-refractivity contribution is 0.0919. The summed E-state index contributed by atoms with van der Waals surface area (Å²) in [5.41, 5.74) is 0.515. The summed E-state index contributed by atoms with van der Waals surface area (Å²) >= 11 is 5.92. The average Bonchev–Trinajstić information content (AvgIpc) is 2.25. The Bertz CT molecular complexity index is 395. The number of carbonyl (C=O) groups excluding carboxylic acids is 1. The summed E-state index contributed by atoms with van der Waals surface area (Å²) in [5.74, 6) is -0.278. The van der Waals surface area contributed by atoms with E-state index in [0.717, 1.165) is 0 Å². The first-order valence-electron chi connectivity index (χ1n) is 4.86. The maximum absolute atomic E-state index is 12.0. The number of hydrogen-bond acceptors (Lipinski definition) is 2. The first-order valence-corrected chi connectivity index (χ1v) is 5.24. The lowest BCUT2D eigenvalue weighted by atomic mass is 9.93. The summed E-state index contributed by atoms with van der Waals surface area (Å²) in [7, 11) is 0.